The Hall–Kier alpha value is -1.49. The van der Waals surface area contributed by atoms with Gasteiger partial charge in [-0.05, 0) is 12.5 Å². The van der Waals surface area contributed by atoms with E-state index < -0.39 is 0 Å². The Morgan fingerprint density at radius 3 is 2.69 bits per heavy atom. The van der Waals surface area contributed by atoms with Crippen LogP contribution < -0.4 is 20.5 Å². The van der Waals surface area contributed by atoms with Crippen LogP contribution in [0.15, 0.2) is 12.1 Å². The van der Waals surface area contributed by atoms with Crippen molar-refractivity contribution in [1.82, 2.24) is 4.98 Å². The van der Waals surface area contributed by atoms with Crippen molar-refractivity contribution < 1.29 is 9.47 Å². The van der Waals surface area contributed by atoms with Crippen molar-refractivity contribution in [1.29, 1.82) is 0 Å². The maximum Gasteiger partial charge on any atom is 0.240 e. The highest BCUT2D eigenvalue weighted by molar-refractivity contribution is 5.53. The molecule has 0 aliphatic rings. The molecule has 1 heterocycles. The minimum atomic E-state index is 0.131. The highest BCUT2D eigenvalue weighted by Crippen LogP contribution is 2.24. The largest absolute Gasteiger partial charge is 0.481 e. The standard InChI is InChI=1S/C11H19N3O2/c1-4-8(12)7-13-9-5-6-10(15-2)14-11(9)16-3/h5-6,8,13H,4,7,12H2,1-3H3/t8-/m0/s1. The number of aromatic nitrogens is 1. The van der Waals surface area contributed by atoms with Crippen molar-refractivity contribution in [2.45, 2.75) is 19.4 Å². The van der Waals surface area contributed by atoms with E-state index in [1.54, 1.807) is 20.3 Å². The lowest BCUT2D eigenvalue weighted by atomic mass is 10.2. The second-order valence-corrected chi connectivity index (χ2v) is 3.46. The van der Waals surface area contributed by atoms with Gasteiger partial charge in [0.25, 0.3) is 0 Å². The number of nitrogens with zero attached hydrogens (tertiary/aromatic N) is 1. The lowest BCUT2D eigenvalue weighted by Gasteiger charge is -2.14. The van der Waals surface area contributed by atoms with E-state index in [1.165, 1.54) is 0 Å². The zero-order valence-electron chi connectivity index (χ0n) is 9.99. The quantitative estimate of drug-likeness (QED) is 0.762. The van der Waals surface area contributed by atoms with E-state index >= 15 is 0 Å². The molecule has 0 unspecified atom stereocenters. The van der Waals surface area contributed by atoms with Gasteiger partial charge in [-0.1, -0.05) is 6.92 Å². The molecule has 0 spiro atoms. The summed E-state index contributed by atoms with van der Waals surface area (Å²) in [7, 11) is 3.15. The van der Waals surface area contributed by atoms with Crippen LogP contribution in [0.5, 0.6) is 11.8 Å². The highest BCUT2D eigenvalue weighted by atomic mass is 16.5. The summed E-state index contributed by atoms with van der Waals surface area (Å²) >= 11 is 0. The van der Waals surface area contributed by atoms with Gasteiger partial charge >= 0.3 is 0 Å². The normalized spacial score (nSPS) is 12.0. The predicted molar refractivity (Wildman–Crippen MR) is 64.1 cm³/mol. The smallest absolute Gasteiger partial charge is 0.240 e. The summed E-state index contributed by atoms with van der Waals surface area (Å²) in [6.07, 6.45) is 0.929. The van der Waals surface area contributed by atoms with Crippen LogP contribution in [0.1, 0.15) is 13.3 Å². The number of ether oxygens (including phenoxy) is 2. The van der Waals surface area contributed by atoms with Gasteiger partial charge in [-0.25, -0.2) is 0 Å². The molecular formula is C11H19N3O2. The van der Waals surface area contributed by atoms with E-state index in [0.29, 0.717) is 18.3 Å². The fraction of sp³-hybridized carbons (Fsp3) is 0.545. The van der Waals surface area contributed by atoms with Gasteiger partial charge in [0.15, 0.2) is 0 Å². The summed E-state index contributed by atoms with van der Waals surface area (Å²) in [5.74, 6) is 1.05. The number of pyridine rings is 1. The molecule has 1 aromatic heterocycles. The van der Waals surface area contributed by atoms with E-state index in [0.717, 1.165) is 12.1 Å². The lowest BCUT2D eigenvalue weighted by molar-refractivity contribution is 0.366. The summed E-state index contributed by atoms with van der Waals surface area (Å²) in [4.78, 5) is 4.17. The molecule has 0 radical (unpaired) electrons. The molecule has 5 nitrogen and oxygen atoms in total. The zero-order chi connectivity index (χ0) is 12.0. The molecule has 0 saturated heterocycles. The zero-order valence-corrected chi connectivity index (χ0v) is 9.99. The molecule has 0 aliphatic heterocycles. The third-order valence-electron chi connectivity index (χ3n) is 2.32. The summed E-state index contributed by atoms with van der Waals surface area (Å²) in [6, 6.07) is 3.78. The topological polar surface area (TPSA) is 69.4 Å². The van der Waals surface area contributed by atoms with Crippen LogP contribution in [0.3, 0.4) is 0 Å². The molecule has 0 fully saturated rings. The Kier molecular flexibility index (Phi) is 4.85. The Bertz CT molecular complexity index is 331. The molecule has 5 heteroatoms. The highest BCUT2D eigenvalue weighted by Gasteiger charge is 2.07. The first-order valence-electron chi connectivity index (χ1n) is 5.29. The average molecular weight is 225 g/mol. The van der Waals surface area contributed by atoms with Crippen LogP contribution in [0, 0.1) is 0 Å². The predicted octanol–water partition coefficient (Wildman–Crippen LogP) is 1.25. The number of nitrogens with two attached hydrogens (primary N) is 1. The molecule has 0 aliphatic carbocycles. The van der Waals surface area contributed by atoms with Crippen LogP contribution in [0.2, 0.25) is 0 Å². The molecule has 0 bridgehead atoms. The van der Waals surface area contributed by atoms with Gasteiger partial charge in [-0.2, -0.15) is 4.98 Å². The van der Waals surface area contributed by atoms with Crippen LogP contribution in [0.4, 0.5) is 5.69 Å². The summed E-state index contributed by atoms with van der Waals surface area (Å²) < 4.78 is 10.2. The van der Waals surface area contributed by atoms with Crippen LogP contribution in [0.25, 0.3) is 0 Å². The van der Waals surface area contributed by atoms with Crippen molar-refractivity contribution in [2.24, 2.45) is 5.73 Å². The van der Waals surface area contributed by atoms with Crippen molar-refractivity contribution in [3.05, 3.63) is 12.1 Å². The molecule has 1 aromatic rings. The van der Waals surface area contributed by atoms with Gasteiger partial charge in [0.2, 0.25) is 11.8 Å². The van der Waals surface area contributed by atoms with E-state index in [-0.39, 0.29) is 6.04 Å². The Balaban J connectivity index is 2.71. The van der Waals surface area contributed by atoms with E-state index in [2.05, 4.69) is 17.2 Å². The Labute approximate surface area is 96.0 Å². The molecule has 1 rings (SSSR count). The number of hydrogen-bond acceptors (Lipinski definition) is 5. The molecule has 0 saturated carbocycles. The van der Waals surface area contributed by atoms with Gasteiger partial charge in [-0.15, -0.1) is 0 Å². The molecule has 1 atom stereocenters. The first-order chi connectivity index (χ1) is 7.71. The van der Waals surface area contributed by atoms with E-state index in [4.69, 9.17) is 15.2 Å². The Morgan fingerprint density at radius 2 is 2.12 bits per heavy atom. The maximum absolute atomic E-state index is 5.82. The van der Waals surface area contributed by atoms with Gasteiger partial charge in [0, 0.05) is 18.7 Å². The van der Waals surface area contributed by atoms with Crippen molar-refractivity contribution in [3.8, 4) is 11.8 Å². The van der Waals surface area contributed by atoms with Crippen molar-refractivity contribution in [2.75, 3.05) is 26.1 Å². The SMILES string of the molecule is CC[C@H](N)CNc1ccc(OC)nc1OC. The van der Waals surface area contributed by atoms with Crippen LogP contribution in [-0.4, -0.2) is 31.8 Å². The first kappa shape index (κ1) is 12.6. The van der Waals surface area contributed by atoms with Crippen LogP contribution in [-0.2, 0) is 0 Å². The molecule has 16 heavy (non-hydrogen) atoms. The minimum absolute atomic E-state index is 0.131. The number of anilines is 1. The van der Waals surface area contributed by atoms with Gasteiger partial charge in [0.05, 0.1) is 19.9 Å². The summed E-state index contributed by atoms with van der Waals surface area (Å²) in [6.45, 7) is 2.75. The Morgan fingerprint density at radius 1 is 1.38 bits per heavy atom. The second-order valence-electron chi connectivity index (χ2n) is 3.46. The van der Waals surface area contributed by atoms with Crippen LogP contribution >= 0.6 is 0 Å². The number of nitrogens with one attached hydrogen (secondary N) is 1. The number of methoxy groups -OCH3 is 2. The second kappa shape index (κ2) is 6.17. The van der Waals surface area contributed by atoms with Crippen molar-refractivity contribution in [3.63, 3.8) is 0 Å². The van der Waals surface area contributed by atoms with Crippen molar-refractivity contribution >= 4 is 5.69 Å². The molecular weight excluding hydrogens is 206 g/mol. The molecule has 3 N–H and O–H groups in total. The fourth-order valence-corrected chi connectivity index (χ4v) is 1.21. The summed E-state index contributed by atoms with van der Waals surface area (Å²) in [5, 5.41) is 3.20. The van der Waals surface area contributed by atoms with Gasteiger partial charge < -0.3 is 20.5 Å². The lowest BCUT2D eigenvalue weighted by Crippen LogP contribution is -2.28. The minimum Gasteiger partial charge on any atom is -0.481 e. The number of rotatable bonds is 6. The maximum atomic E-state index is 5.82. The summed E-state index contributed by atoms with van der Waals surface area (Å²) in [5.41, 5.74) is 6.65. The van der Waals surface area contributed by atoms with Gasteiger partial charge in [0.1, 0.15) is 0 Å². The average Bonchev–Trinajstić information content (AvgIpc) is 2.35. The third-order valence-corrected chi connectivity index (χ3v) is 2.32. The fourth-order valence-electron chi connectivity index (χ4n) is 1.21. The molecule has 0 aromatic carbocycles. The molecule has 90 valence electrons. The molecule has 0 amide bonds. The third kappa shape index (κ3) is 3.27. The first-order valence-corrected chi connectivity index (χ1v) is 5.29. The monoisotopic (exact) mass is 225 g/mol. The van der Waals surface area contributed by atoms with E-state index in [1.807, 2.05) is 6.07 Å². The van der Waals surface area contributed by atoms with E-state index in [9.17, 15) is 0 Å². The van der Waals surface area contributed by atoms with Gasteiger partial charge in [-0.3, -0.25) is 0 Å². The number of hydrogen-bond donors (Lipinski definition) is 2.